The van der Waals surface area contributed by atoms with Gasteiger partial charge in [0.1, 0.15) is 0 Å². The molecule has 4 saturated carbocycles. The number of hydrogen-bond acceptors (Lipinski definition) is 3. The van der Waals surface area contributed by atoms with Crippen LogP contribution in [-0.4, -0.2) is 48.7 Å². The monoisotopic (exact) mass is 345 g/mol. The first kappa shape index (κ1) is 17.0. The highest BCUT2D eigenvalue weighted by Gasteiger charge is 2.55. The lowest BCUT2D eigenvalue weighted by Crippen LogP contribution is -2.59. The zero-order chi connectivity index (χ0) is 16.7. The van der Waals surface area contributed by atoms with Crippen LogP contribution < -0.4 is 5.43 Å². The maximum Gasteiger partial charge on any atom is 0.0230 e. The minimum Gasteiger partial charge on any atom is -0.299 e. The molecule has 6 fully saturated rings. The molecule has 3 nitrogen and oxygen atoms in total. The average molecular weight is 346 g/mol. The van der Waals surface area contributed by atoms with E-state index in [4.69, 9.17) is 0 Å². The third kappa shape index (κ3) is 3.41. The summed E-state index contributed by atoms with van der Waals surface area (Å²) in [5.74, 6) is 3.30. The zero-order valence-electron chi connectivity index (χ0n) is 16.2. The molecule has 6 rings (SSSR count). The first-order valence-electron chi connectivity index (χ1n) is 11.5. The quantitative estimate of drug-likeness (QED) is 0.811. The molecule has 25 heavy (non-hydrogen) atoms. The van der Waals surface area contributed by atoms with Gasteiger partial charge in [-0.2, -0.15) is 0 Å². The molecule has 4 bridgehead atoms. The number of likely N-dealkylation sites (tertiary alicyclic amines) is 1. The van der Waals surface area contributed by atoms with Crippen molar-refractivity contribution in [1.29, 1.82) is 0 Å². The number of hydrogen-bond donors (Lipinski definition) is 1. The summed E-state index contributed by atoms with van der Waals surface area (Å²) in [5, 5.41) is 2.49. The van der Waals surface area contributed by atoms with E-state index >= 15 is 0 Å². The van der Waals surface area contributed by atoms with E-state index in [9.17, 15) is 0 Å². The van der Waals surface area contributed by atoms with Crippen molar-refractivity contribution in [3.05, 3.63) is 0 Å². The van der Waals surface area contributed by atoms with Crippen molar-refractivity contribution in [2.24, 2.45) is 23.2 Å². The second-order valence-electron chi connectivity index (χ2n) is 10.3. The highest BCUT2D eigenvalue weighted by Crippen LogP contribution is 2.62. The third-order valence-corrected chi connectivity index (χ3v) is 8.50. The van der Waals surface area contributed by atoms with Crippen molar-refractivity contribution in [3.63, 3.8) is 0 Å². The van der Waals surface area contributed by atoms with E-state index in [1.807, 2.05) is 0 Å². The molecule has 1 unspecified atom stereocenters. The lowest BCUT2D eigenvalue weighted by atomic mass is 9.47. The maximum absolute atomic E-state index is 3.75. The molecule has 0 amide bonds. The minimum atomic E-state index is 0.723. The number of piperidine rings is 2. The first-order chi connectivity index (χ1) is 12.3. The van der Waals surface area contributed by atoms with Crippen molar-refractivity contribution in [1.82, 2.24) is 15.3 Å². The van der Waals surface area contributed by atoms with Gasteiger partial charge in [0.2, 0.25) is 0 Å². The summed E-state index contributed by atoms with van der Waals surface area (Å²) in [6.45, 7) is 6.34. The zero-order valence-corrected chi connectivity index (χ0v) is 16.2. The second-order valence-corrected chi connectivity index (χ2v) is 10.3. The maximum atomic E-state index is 3.75. The van der Waals surface area contributed by atoms with E-state index in [0.29, 0.717) is 0 Å². The predicted octanol–water partition coefficient (Wildman–Crippen LogP) is 4.05. The lowest BCUT2D eigenvalue weighted by molar-refractivity contribution is -0.110. The van der Waals surface area contributed by atoms with Gasteiger partial charge in [0.15, 0.2) is 0 Å². The smallest absolute Gasteiger partial charge is 0.0230 e. The molecule has 2 aliphatic heterocycles. The fraction of sp³-hybridized carbons (Fsp3) is 1.00. The molecule has 0 aromatic rings. The van der Waals surface area contributed by atoms with E-state index in [0.717, 1.165) is 29.2 Å². The molecule has 6 aliphatic rings. The van der Waals surface area contributed by atoms with E-state index in [-0.39, 0.29) is 0 Å². The third-order valence-electron chi connectivity index (χ3n) is 8.50. The lowest BCUT2D eigenvalue weighted by Gasteiger charge is -2.62. The van der Waals surface area contributed by atoms with Gasteiger partial charge in [-0.1, -0.05) is 12.8 Å². The van der Waals surface area contributed by atoms with Crippen LogP contribution in [0.1, 0.15) is 77.0 Å². The van der Waals surface area contributed by atoms with E-state index in [1.165, 1.54) is 71.2 Å². The summed E-state index contributed by atoms with van der Waals surface area (Å²) in [5.41, 5.74) is 4.48. The van der Waals surface area contributed by atoms with Crippen LogP contribution in [0.5, 0.6) is 0 Å². The average Bonchev–Trinajstić information content (AvgIpc) is 2.62. The van der Waals surface area contributed by atoms with Crippen molar-refractivity contribution in [2.45, 2.75) is 83.1 Å². The van der Waals surface area contributed by atoms with E-state index < -0.39 is 0 Å². The number of nitrogens with zero attached hydrogens (tertiary/aromatic N) is 2. The Morgan fingerprint density at radius 1 is 0.760 bits per heavy atom. The molecule has 2 saturated heterocycles. The summed E-state index contributed by atoms with van der Waals surface area (Å²) >= 11 is 0. The minimum absolute atomic E-state index is 0.723. The van der Waals surface area contributed by atoms with Gasteiger partial charge in [0.25, 0.3) is 0 Å². The Morgan fingerprint density at radius 2 is 1.40 bits per heavy atom. The molecule has 1 N–H and O–H groups in total. The van der Waals surface area contributed by atoms with Gasteiger partial charge in [0.05, 0.1) is 0 Å². The van der Waals surface area contributed by atoms with Crippen LogP contribution in [0.25, 0.3) is 0 Å². The largest absolute Gasteiger partial charge is 0.299 e. The van der Waals surface area contributed by atoms with Crippen LogP contribution in [0, 0.1) is 23.2 Å². The number of nitrogens with one attached hydrogen (secondary N) is 1. The molecule has 142 valence electrons. The normalized spacial score (nSPS) is 45.1. The molecule has 0 aromatic heterocycles. The van der Waals surface area contributed by atoms with Gasteiger partial charge in [-0.3, -0.25) is 10.3 Å². The molecule has 0 radical (unpaired) electrons. The van der Waals surface area contributed by atoms with Crippen molar-refractivity contribution in [3.8, 4) is 0 Å². The van der Waals surface area contributed by atoms with Crippen molar-refractivity contribution >= 4 is 0 Å². The highest BCUT2D eigenvalue weighted by atomic mass is 15.5. The van der Waals surface area contributed by atoms with Gasteiger partial charge in [0, 0.05) is 32.2 Å². The fourth-order valence-electron chi connectivity index (χ4n) is 7.94. The van der Waals surface area contributed by atoms with Crippen LogP contribution >= 0.6 is 0 Å². The van der Waals surface area contributed by atoms with E-state index in [1.54, 1.807) is 38.5 Å². The molecular weight excluding hydrogens is 306 g/mol. The summed E-state index contributed by atoms with van der Waals surface area (Å²) in [4.78, 5) is 2.94. The van der Waals surface area contributed by atoms with Gasteiger partial charge >= 0.3 is 0 Å². The van der Waals surface area contributed by atoms with Gasteiger partial charge in [-0.25, -0.2) is 5.01 Å². The summed E-state index contributed by atoms with van der Waals surface area (Å²) in [6.07, 6.45) is 18.1. The van der Waals surface area contributed by atoms with Crippen molar-refractivity contribution < 1.29 is 0 Å². The Kier molecular flexibility index (Phi) is 4.85. The SMILES string of the molecule is C1CCN(NCCN2CCCCC2C23CC4CC(CC(C4)C2)C3)CC1. The predicted molar refractivity (Wildman–Crippen MR) is 103 cm³/mol. The highest BCUT2D eigenvalue weighted by molar-refractivity contribution is 5.07. The van der Waals surface area contributed by atoms with Gasteiger partial charge < -0.3 is 0 Å². The van der Waals surface area contributed by atoms with Crippen LogP contribution in [0.3, 0.4) is 0 Å². The van der Waals surface area contributed by atoms with Crippen LogP contribution in [0.4, 0.5) is 0 Å². The molecule has 3 heteroatoms. The van der Waals surface area contributed by atoms with Crippen molar-refractivity contribution in [2.75, 3.05) is 32.7 Å². The Morgan fingerprint density at radius 3 is 2.08 bits per heavy atom. The first-order valence-corrected chi connectivity index (χ1v) is 11.5. The molecule has 4 aliphatic carbocycles. The topological polar surface area (TPSA) is 18.5 Å². The van der Waals surface area contributed by atoms with E-state index in [2.05, 4.69) is 15.3 Å². The van der Waals surface area contributed by atoms with Crippen LogP contribution in [-0.2, 0) is 0 Å². The summed E-state index contributed by atoms with van der Waals surface area (Å²) in [6, 6.07) is 0.915. The second kappa shape index (κ2) is 7.13. The Balaban J connectivity index is 1.22. The van der Waals surface area contributed by atoms with Crippen LogP contribution in [0.2, 0.25) is 0 Å². The Hall–Kier alpha value is -0.120. The van der Waals surface area contributed by atoms with Gasteiger partial charge in [-0.05, 0) is 93.9 Å². The Labute approximate surface area is 154 Å². The number of rotatable bonds is 5. The summed E-state index contributed by atoms with van der Waals surface area (Å²) in [7, 11) is 0. The standard InChI is InChI=1S/C22H39N3/c1-3-9-25(10-4-1)23-7-11-24-8-5-2-6-21(24)22-15-18-12-19(16-22)14-20(13-18)17-22/h18-21,23H,1-17H2. The molecule has 0 spiro atoms. The van der Waals surface area contributed by atoms with Crippen LogP contribution in [0.15, 0.2) is 0 Å². The molecule has 2 heterocycles. The molecule has 0 aromatic carbocycles. The van der Waals surface area contributed by atoms with Gasteiger partial charge in [-0.15, -0.1) is 0 Å². The molecule has 1 atom stereocenters. The number of hydrazine groups is 1. The Bertz CT molecular complexity index is 421. The summed E-state index contributed by atoms with van der Waals surface area (Å²) < 4.78 is 0. The molecular formula is C22H39N3. The fourth-order valence-corrected chi connectivity index (χ4v) is 7.94.